The average molecular weight is 398 g/mol. The summed E-state index contributed by atoms with van der Waals surface area (Å²) in [5.74, 6) is 3.66. The van der Waals surface area contributed by atoms with Gasteiger partial charge in [-0.1, -0.05) is 6.07 Å². The molecule has 3 rings (SSSR count). The Balaban J connectivity index is 1.88. The van der Waals surface area contributed by atoms with Gasteiger partial charge in [0.1, 0.15) is 5.82 Å². The summed E-state index contributed by atoms with van der Waals surface area (Å²) in [5, 5.41) is 7.25. The van der Waals surface area contributed by atoms with Crippen molar-refractivity contribution >= 4 is 0 Å². The van der Waals surface area contributed by atoms with Crippen LogP contribution in [-0.2, 0) is 0 Å². The Hall–Kier alpha value is -3.26. The number of aromatic amines is 1. The van der Waals surface area contributed by atoms with E-state index in [4.69, 9.17) is 24.7 Å². The molecular formula is C21H26N4O4. The van der Waals surface area contributed by atoms with Gasteiger partial charge in [0, 0.05) is 5.56 Å². The summed E-state index contributed by atoms with van der Waals surface area (Å²) in [6.45, 7) is 4.90. The number of nitrogens with one attached hydrogen (secondary N) is 1. The highest BCUT2D eigenvalue weighted by molar-refractivity contribution is 5.61. The van der Waals surface area contributed by atoms with Gasteiger partial charge in [0.2, 0.25) is 0 Å². The highest BCUT2D eigenvalue weighted by Gasteiger charge is 2.18. The van der Waals surface area contributed by atoms with Gasteiger partial charge in [-0.05, 0) is 49.7 Å². The largest absolute Gasteiger partial charge is 0.493 e. The van der Waals surface area contributed by atoms with E-state index >= 15 is 0 Å². The van der Waals surface area contributed by atoms with Crippen LogP contribution in [0.5, 0.6) is 23.0 Å². The van der Waals surface area contributed by atoms with E-state index < -0.39 is 6.04 Å². The second kappa shape index (κ2) is 9.29. The fourth-order valence-electron chi connectivity index (χ4n) is 2.94. The fourth-order valence-corrected chi connectivity index (χ4v) is 2.94. The Morgan fingerprint density at radius 2 is 1.52 bits per heavy atom. The quantitative estimate of drug-likeness (QED) is 0.569. The molecule has 1 aromatic heterocycles. The summed E-state index contributed by atoms with van der Waals surface area (Å²) in [7, 11) is 3.21. The number of rotatable bonds is 9. The number of hydrogen-bond acceptors (Lipinski definition) is 7. The van der Waals surface area contributed by atoms with Gasteiger partial charge in [-0.2, -0.15) is 5.10 Å². The number of nitrogens with two attached hydrogens (primary N) is 1. The van der Waals surface area contributed by atoms with Gasteiger partial charge in [-0.15, -0.1) is 0 Å². The molecule has 1 heterocycles. The molecule has 0 aliphatic rings. The van der Waals surface area contributed by atoms with Crippen molar-refractivity contribution in [1.29, 1.82) is 0 Å². The van der Waals surface area contributed by atoms with Gasteiger partial charge >= 0.3 is 0 Å². The van der Waals surface area contributed by atoms with Crippen LogP contribution in [0.15, 0.2) is 36.4 Å². The van der Waals surface area contributed by atoms with E-state index in [0.29, 0.717) is 47.9 Å². The minimum Gasteiger partial charge on any atom is -0.493 e. The van der Waals surface area contributed by atoms with E-state index in [0.717, 1.165) is 11.1 Å². The van der Waals surface area contributed by atoms with Crippen LogP contribution in [0.1, 0.15) is 31.3 Å². The zero-order valence-electron chi connectivity index (χ0n) is 17.1. The third-order valence-corrected chi connectivity index (χ3v) is 4.37. The van der Waals surface area contributed by atoms with Crippen LogP contribution in [0.3, 0.4) is 0 Å². The minimum atomic E-state index is -0.494. The molecule has 8 nitrogen and oxygen atoms in total. The van der Waals surface area contributed by atoms with E-state index in [1.54, 1.807) is 14.2 Å². The molecule has 0 radical (unpaired) electrons. The molecule has 0 bridgehead atoms. The lowest BCUT2D eigenvalue weighted by molar-refractivity contribution is 0.310. The van der Waals surface area contributed by atoms with Crippen molar-refractivity contribution in [1.82, 2.24) is 15.2 Å². The first-order valence-corrected chi connectivity index (χ1v) is 9.41. The Morgan fingerprint density at radius 3 is 2.14 bits per heavy atom. The molecular weight excluding hydrogens is 372 g/mol. The molecule has 0 aliphatic carbocycles. The lowest BCUT2D eigenvalue weighted by atomic mass is 10.1. The predicted molar refractivity (Wildman–Crippen MR) is 110 cm³/mol. The second-order valence-corrected chi connectivity index (χ2v) is 6.16. The summed E-state index contributed by atoms with van der Waals surface area (Å²) in [6.07, 6.45) is 0. The van der Waals surface area contributed by atoms with Gasteiger partial charge in [-0.25, -0.2) is 4.98 Å². The monoisotopic (exact) mass is 398 g/mol. The topological polar surface area (TPSA) is 105 Å². The van der Waals surface area contributed by atoms with Gasteiger partial charge in [0.15, 0.2) is 28.8 Å². The molecule has 0 spiro atoms. The van der Waals surface area contributed by atoms with E-state index in [1.807, 2.05) is 50.2 Å². The average Bonchev–Trinajstić information content (AvgIpc) is 3.24. The summed E-state index contributed by atoms with van der Waals surface area (Å²) in [6, 6.07) is 10.6. The maximum Gasteiger partial charge on any atom is 0.181 e. The van der Waals surface area contributed by atoms with Gasteiger partial charge in [0.05, 0.1) is 33.5 Å². The minimum absolute atomic E-state index is 0.494. The van der Waals surface area contributed by atoms with Crippen molar-refractivity contribution in [2.24, 2.45) is 5.73 Å². The Labute approximate surface area is 170 Å². The molecule has 8 heteroatoms. The number of ether oxygens (including phenoxy) is 4. The van der Waals surface area contributed by atoms with Gasteiger partial charge < -0.3 is 24.7 Å². The van der Waals surface area contributed by atoms with E-state index in [2.05, 4.69) is 15.2 Å². The maximum absolute atomic E-state index is 6.41. The standard InChI is InChI=1S/C21H26N4O4/c1-5-28-17-11-13(7-9-15(17)26-3)19(22)21-23-20(24-25-21)14-8-10-16(27-4)18(12-14)29-6-2/h7-12,19H,5-6,22H2,1-4H3,(H,23,24,25)/t19-/m0/s1. The highest BCUT2D eigenvalue weighted by Crippen LogP contribution is 2.33. The van der Waals surface area contributed by atoms with Crippen molar-refractivity contribution in [3.05, 3.63) is 47.8 Å². The molecule has 0 fully saturated rings. The number of methoxy groups -OCH3 is 2. The maximum atomic E-state index is 6.41. The summed E-state index contributed by atoms with van der Waals surface area (Å²) >= 11 is 0. The van der Waals surface area contributed by atoms with Gasteiger partial charge in [-0.3, -0.25) is 5.10 Å². The number of nitrogens with zero attached hydrogens (tertiary/aromatic N) is 2. The van der Waals surface area contributed by atoms with Crippen molar-refractivity contribution in [3.63, 3.8) is 0 Å². The lowest BCUT2D eigenvalue weighted by Crippen LogP contribution is -2.14. The van der Waals surface area contributed by atoms with Crippen molar-refractivity contribution < 1.29 is 18.9 Å². The third-order valence-electron chi connectivity index (χ3n) is 4.37. The summed E-state index contributed by atoms with van der Waals surface area (Å²) in [5.41, 5.74) is 8.05. The van der Waals surface area contributed by atoms with E-state index in [-0.39, 0.29) is 0 Å². The smallest absolute Gasteiger partial charge is 0.181 e. The van der Waals surface area contributed by atoms with Crippen molar-refractivity contribution in [3.8, 4) is 34.4 Å². The molecule has 2 aromatic carbocycles. The van der Waals surface area contributed by atoms with Crippen molar-refractivity contribution in [2.45, 2.75) is 19.9 Å². The third kappa shape index (κ3) is 4.43. The molecule has 0 unspecified atom stereocenters. The van der Waals surface area contributed by atoms with Crippen LogP contribution in [0, 0.1) is 0 Å². The van der Waals surface area contributed by atoms with Gasteiger partial charge in [0.25, 0.3) is 0 Å². The van der Waals surface area contributed by atoms with Crippen LogP contribution < -0.4 is 24.7 Å². The first-order valence-electron chi connectivity index (χ1n) is 9.41. The normalized spacial score (nSPS) is 11.8. The number of hydrogen-bond donors (Lipinski definition) is 2. The predicted octanol–water partition coefficient (Wildman–Crippen LogP) is 3.33. The Morgan fingerprint density at radius 1 is 0.897 bits per heavy atom. The summed E-state index contributed by atoms with van der Waals surface area (Å²) < 4.78 is 21.9. The molecule has 0 saturated carbocycles. The molecule has 0 aliphatic heterocycles. The Bertz CT molecular complexity index is 958. The van der Waals surface area contributed by atoms with E-state index in [1.165, 1.54) is 0 Å². The first kappa shape index (κ1) is 20.5. The SMILES string of the molecule is CCOc1cc(-c2n[nH]c([C@@H](N)c3ccc(OC)c(OCC)c3)n2)ccc1OC. The van der Waals surface area contributed by atoms with Crippen LogP contribution in [-0.4, -0.2) is 42.6 Å². The first-order chi connectivity index (χ1) is 14.1. The molecule has 0 amide bonds. The second-order valence-electron chi connectivity index (χ2n) is 6.16. The number of H-pyrrole nitrogens is 1. The molecule has 154 valence electrons. The van der Waals surface area contributed by atoms with Crippen LogP contribution in [0.4, 0.5) is 0 Å². The highest BCUT2D eigenvalue weighted by atomic mass is 16.5. The molecule has 0 saturated heterocycles. The Kier molecular flexibility index (Phi) is 6.56. The molecule has 1 atom stereocenters. The molecule has 3 N–H and O–H groups in total. The zero-order chi connectivity index (χ0) is 20.8. The van der Waals surface area contributed by atoms with Crippen LogP contribution >= 0.6 is 0 Å². The zero-order valence-corrected chi connectivity index (χ0v) is 17.1. The van der Waals surface area contributed by atoms with Crippen molar-refractivity contribution in [2.75, 3.05) is 27.4 Å². The van der Waals surface area contributed by atoms with Crippen LogP contribution in [0.25, 0.3) is 11.4 Å². The lowest BCUT2D eigenvalue weighted by Gasteiger charge is -2.14. The van der Waals surface area contributed by atoms with E-state index in [9.17, 15) is 0 Å². The number of benzene rings is 2. The molecule has 3 aromatic rings. The fraction of sp³-hybridized carbons (Fsp3) is 0.333. The molecule has 29 heavy (non-hydrogen) atoms. The summed E-state index contributed by atoms with van der Waals surface area (Å²) in [4.78, 5) is 4.57. The number of aromatic nitrogens is 3. The van der Waals surface area contributed by atoms with Crippen LogP contribution in [0.2, 0.25) is 0 Å².